The van der Waals surface area contributed by atoms with E-state index >= 15 is 0 Å². The summed E-state index contributed by atoms with van der Waals surface area (Å²) in [5, 5.41) is 5.33. The lowest BCUT2D eigenvalue weighted by atomic mass is 10.3. The van der Waals surface area contributed by atoms with Crippen LogP contribution in [0.1, 0.15) is 10.4 Å². The number of hydrogen-bond donors (Lipinski definition) is 2. The van der Waals surface area contributed by atoms with Crippen molar-refractivity contribution in [2.45, 2.75) is 5.03 Å². The van der Waals surface area contributed by atoms with Crippen molar-refractivity contribution in [1.29, 1.82) is 0 Å². The minimum atomic E-state index is -0.803. The van der Waals surface area contributed by atoms with Gasteiger partial charge >= 0.3 is 5.97 Å². The van der Waals surface area contributed by atoms with Crippen molar-refractivity contribution in [3.63, 3.8) is 0 Å². The topological polar surface area (TPSA) is 116 Å². The van der Waals surface area contributed by atoms with Gasteiger partial charge in [-0.25, -0.2) is 14.2 Å². The van der Waals surface area contributed by atoms with Gasteiger partial charge in [-0.1, -0.05) is 27.7 Å². The normalized spacial score (nSPS) is 11.6. The van der Waals surface area contributed by atoms with Crippen LogP contribution in [0.2, 0.25) is 0 Å². The first kappa shape index (κ1) is 24.5. The van der Waals surface area contributed by atoms with Gasteiger partial charge in [-0.05, 0) is 42.5 Å². The van der Waals surface area contributed by atoms with Gasteiger partial charge in [-0.2, -0.15) is 0 Å². The zero-order valence-corrected chi connectivity index (χ0v) is 20.3. The lowest BCUT2D eigenvalue weighted by Crippen LogP contribution is -2.22. The number of nitrogens with zero attached hydrogens (tertiary/aromatic N) is 1. The van der Waals surface area contributed by atoms with Gasteiger partial charge in [-0.15, -0.1) is 0 Å². The quantitative estimate of drug-likeness (QED) is 0.310. The average Bonchev–Trinajstić information content (AvgIpc) is 3.31. The van der Waals surface area contributed by atoms with E-state index in [1.807, 2.05) is 0 Å². The molecule has 3 aromatic rings. The number of benzene rings is 2. The van der Waals surface area contributed by atoms with Gasteiger partial charge in [-0.3, -0.25) is 9.59 Å². The summed E-state index contributed by atoms with van der Waals surface area (Å²) in [5.74, 6) is -1.36. The summed E-state index contributed by atoms with van der Waals surface area (Å²) in [6.07, 6.45) is 1.47. The summed E-state index contributed by atoms with van der Waals surface area (Å²) in [6.45, 7) is -0.498. The molecule has 0 atom stereocenters. The number of amides is 2. The number of halogens is 2. The van der Waals surface area contributed by atoms with Crippen molar-refractivity contribution in [2.75, 3.05) is 29.8 Å². The van der Waals surface area contributed by atoms with Crippen molar-refractivity contribution < 1.29 is 33.0 Å². The number of pyridine rings is 1. The number of carbonyl (C=O) groups is 3. The molecule has 0 radical (unpaired) electrons. The maximum absolute atomic E-state index is 13.9. The Kier molecular flexibility index (Phi) is 7.83. The molecule has 0 spiro atoms. The Morgan fingerprint density at radius 3 is 2.71 bits per heavy atom. The number of aromatic nitrogens is 1. The highest BCUT2D eigenvalue weighted by Gasteiger charge is 2.18. The molecule has 35 heavy (non-hydrogen) atoms. The van der Waals surface area contributed by atoms with Crippen LogP contribution in [0.15, 0.2) is 64.2 Å². The van der Waals surface area contributed by atoms with E-state index in [9.17, 15) is 18.8 Å². The first-order valence-corrected chi connectivity index (χ1v) is 11.9. The number of esters is 1. The van der Waals surface area contributed by atoms with E-state index in [-0.39, 0.29) is 34.7 Å². The molecule has 2 N–H and O–H groups in total. The van der Waals surface area contributed by atoms with Gasteiger partial charge in [0.25, 0.3) is 5.91 Å². The van der Waals surface area contributed by atoms with Crippen molar-refractivity contribution in [3.05, 3.63) is 70.6 Å². The number of fused-ring (bicyclic) bond motifs is 1. The summed E-state index contributed by atoms with van der Waals surface area (Å²) in [7, 11) is 0. The van der Waals surface area contributed by atoms with Gasteiger partial charge in [0.05, 0.1) is 17.0 Å². The third-order valence-corrected chi connectivity index (χ3v) is 6.03. The Balaban J connectivity index is 1.30. The van der Waals surface area contributed by atoms with Crippen LogP contribution in [0.25, 0.3) is 0 Å². The summed E-state index contributed by atoms with van der Waals surface area (Å²) in [5.41, 5.74) is 0.588. The maximum atomic E-state index is 13.9. The molecule has 1 aliphatic rings. The zero-order valence-electron chi connectivity index (χ0n) is 17.9. The van der Waals surface area contributed by atoms with Gasteiger partial charge in [0.2, 0.25) is 12.7 Å². The smallest absolute Gasteiger partial charge is 0.341 e. The third kappa shape index (κ3) is 6.49. The molecule has 2 amide bonds. The fourth-order valence-corrected chi connectivity index (χ4v) is 4.07. The first-order valence-electron chi connectivity index (χ1n) is 10.1. The number of hydrogen-bond acceptors (Lipinski definition) is 8. The van der Waals surface area contributed by atoms with Crippen LogP contribution in [0.3, 0.4) is 0 Å². The number of carbonyl (C=O) groups excluding carboxylic acids is 3. The summed E-state index contributed by atoms with van der Waals surface area (Å²) in [4.78, 5) is 41.1. The van der Waals surface area contributed by atoms with E-state index < -0.39 is 24.3 Å². The van der Waals surface area contributed by atoms with Crippen molar-refractivity contribution >= 4 is 56.9 Å². The predicted octanol–water partition coefficient (Wildman–Crippen LogP) is 4.24. The Morgan fingerprint density at radius 2 is 1.89 bits per heavy atom. The van der Waals surface area contributed by atoms with Crippen LogP contribution in [0.5, 0.6) is 11.5 Å². The largest absolute Gasteiger partial charge is 0.454 e. The lowest BCUT2D eigenvalue weighted by molar-refractivity contribution is -0.119. The second-order valence-electron chi connectivity index (χ2n) is 7.01. The van der Waals surface area contributed by atoms with Gasteiger partial charge < -0.3 is 24.8 Å². The van der Waals surface area contributed by atoms with Crippen LogP contribution in [-0.4, -0.2) is 41.9 Å². The second kappa shape index (κ2) is 11.2. The Hall–Kier alpha value is -3.64. The molecule has 2 aromatic carbocycles. The van der Waals surface area contributed by atoms with Crippen LogP contribution in [0.4, 0.5) is 15.8 Å². The number of thioether (sulfide) groups is 1. The molecule has 12 heteroatoms. The second-order valence-corrected chi connectivity index (χ2v) is 8.89. The summed E-state index contributed by atoms with van der Waals surface area (Å²) < 4.78 is 30.0. The van der Waals surface area contributed by atoms with E-state index in [0.717, 1.165) is 11.8 Å². The SMILES string of the molecule is O=C(CSc1ncccc1C(=O)OCC(=O)Nc1ccc(Br)cc1F)Nc1ccc2c(c1)OCO2. The maximum Gasteiger partial charge on any atom is 0.341 e. The minimum absolute atomic E-state index is 0.0327. The molecule has 180 valence electrons. The minimum Gasteiger partial charge on any atom is -0.454 e. The van der Waals surface area contributed by atoms with E-state index in [4.69, 9.17) is 14.2 Å². The lowest BCUT2D eigenvalue weighted by Gasteiger charge is -2.10. The Labute approximate surface area is 211 Å². The van der Waals surface area contributed by atoms with Gasteiger partial charge in [0, 0.05) is 22.4 Å². The van der Waals surface area contributed by atoms with Crippen molar-refractivity contribution in [3.8, 4) is 11.5 Å². The van der Waals surface area contributed by atoms with Crippen LogP contribution in [0, 0.1) is 5.82 Å². The Bertz CT molecular complexity index is 1290. The van der Waals surface area contributed by atoms with Gasteiger partial charge in [0.15, 0.2) is 18.1 Å². The molecule has 2 heterocycles. The third-order valence-electron chi connectivity index (χ3n) is 4.53. The van der Waals surface area contributed by atoms with Crippen molar-refractivity contribution in [1.82, 2.24) is 4.98 Å². The molecule has 0 saturated heterocycles. The predicted molar refractivity (Wildman–Crippen MR) is 129 cm³/mol. The average molecular weight is 562 g/mol. The molecule has 1 aromatic heterocycles. The number of nitrogens with one attached hydrogen (secondary N) is 2. The Morgan fingerprint density at radius 1 is 1.06 bits per heavy atom. The van der Waals surface area contributed by atoms with Crippen LogP contribution in [-0.2, 0) is 14.3 Å². The molecule has 1 aliphatic heterocycles. The number of anilines is 2. The molecular formula is C23H17BrFN3O6S. The van der Waals surface area contributed by atoms with Crippen LogP contribution < -0.4 is 20.1 Å². The molecule has 0 fully saturated rings. The number of ether oxygens (including phenoxy) is 3. The molecule has 0 bridgehead atoms. The molecule has 4 rings (SSSR count). The van der Waals surface area contributed by atoms with Crippen LogP contribution >= 0.6 is 27.7 Å². The molecule has 0 saturated carbocycles. The highest BCUT2D eigenvalue weighted by Crippen LogP contribution is 2.34. The van der Waals surface area contributed by atoms with Crippen molar-refractivity contribution in [2.24, 2.45) is 0 Å². The summed E-state index contributed by atoms with van der Waals surface area (Å²) >= 11 is 4.16. The fraction of sp³-hybridized carbons (Fsp3) is 0.130. The van der Waals surface area contributed by atoms with E-state index in [0.29, 0.717) is 21.7 Å². The standard InChI is InChI=1S/C23H17BrFN3O6S/c24-13-3-5-17(16(25)8-13)28-20(29)10-32-23(31)15-2-1-7-26-22(15)35-11-21(30)27-14-4-6-18-19(9-14)34-12-33-18/h1-9H,10-12H2,(H,27,30)(H,28,29). The highest BCUT2D eigenvalue weighted by molar-refractivity contribution is 9.10. The van der Waals surface area contributed by atoms with E-state index in [1.165, 1.54) is 30.5 Å². The molecular weight excluding hydrogens is 545 g/mol. The van der Waals surface area contributed by atoms with E-state index in [2.05, 4.69) is 31.5 Å². The molecule has 9 nitrogen and oxygen atoms in total. The monoisotopic (exact) mass is 561 g/mol. The highest BCUT2D eigenvalue weighted by atomic mass is 79.9. The van der Waals surface area contributed by atoms with Gasteiger partial charge in [0.1, 0.15) is 10.8 Å². The summed E-state index contributed by atoms with van der Waals surface area (Å²) in [6, 6.07) is 12.2. The number of rotatable bonds is 8. The fourth-order valence-electron chi connectivity index (χ4n) is 2.95. The zero-order chi connectivity index (χ0) is 24.8. The van der Waals surface area contributed by atoms with E-state index in [1.54, 1.807) is 24.3 Å². The first-order chi connectivity index (χ1) is 16.9. The molecule has 0 unspecified atom stereocenters. The molecule has 0 aliphatic carbocycles.